The van der Waals surface area contributed by atoms with E-state index in [0.717, 1.165) is 24.2 Å². The molecule has 0 spiro atoms. The number of rotatable bonds is 6. The number of aryl methyl sites for hydroxylation is 1. The fourth-order valence-electron chi connectivity index (χ4n) is 1.61. The Morgan fingerprint density at radius 3 is 2.72 bits per heavy atom. The summed E-state index contributed by atoms with van der Waals surface area (Å²) in [7, 11) is 0. The highest BCUT2D eigenvalue weighted by molar-refractivity contribution is 8.00. The van der Waals surface area contributed by atoms with Crippen LogP contribution < -0.4 is 0 Å². The third kappa shape index (κ3) is 4.29. The molecule has 0 N–H and O–H groups in total. The van der Waals surface area contributed by atoms with Crippen molar-refractivity contribution in [3.63, 3.8) is 0 Å². The predicted molar refractivity (Wildman–Crippen MR) is 76.0 cm³/mol. The Hall–Kier alpha value is -0.540. The van der Waals surface area contributed by atoms with E-state index >= 15 is 0 Å². The summed E-state index contributed by atoms with van der Waals surface area (Å²) in [6.07, 6.45) is 2.90. The van der Waals surface area contributed by atoms with Gasteiger partial charge >= 0.3 is 0 Å². The summed E-state index contributed by atoms with van der Waals surface area (Å²) in [5.74, 6) is -0.163. The van der Waals surface area contributed by atoms with Gasteiger partial charge in [0.05, 0.1) is 10.3 Å². The second-order valence-electron chi connectivity index (χ2n) is 4.39. The maximum atomic E-state index is 13.3. The van der Waals surface area contributed by atoms with Crippen molar-refractivity contribution in [2.45, 2.75) is 50.2 Å². The number of ketones is 1. The van der Waals surface area contributed by atoms with Crippen LogP contribution in [0.25, 0.3) is 0 Å². The van der Waals surface area contributed by atoms with E-state index in [9.17, 15) is 9.18 Å². The molecule has 0 amide bonds. The van der Waals surface area contributed by atoms with Gasteiger partial charge in [0.25, 0.3) is 0 Å². The lowest BCUT2D eigenvalue weighted by Gasteiger charge is -2.14. The van der Waals surface area contributed by atoms with Gasteiger partial charge < -0.3 is 0 Å². The summed E-state index contributed by atoms with van der Waals surface area (Å²) in [6.45, 7) is 5.39. The molecule has 0 bridgehead atoms. The van der Waals surface area contributed by atoms with E-state index in [1.807, 2.05) is 0 Å². The van der Waals surface area contributed by atoms with Gasteiger partial charge in [0.2, 0.25) is 0 Å². The predicted octanol–water partition coefficient (Wildman–Crippen LogP) is 5.03. The zero-order valence-electron chi connectivity index (χ0n) is 10.9. The molecule has 1 atom stereocenters. The summed E-state index contributed by atoms with van der Waals surface area (Å²) >= 11 is 7.45. The lowest BCUT2D eigenvalue weighted by molar-refractivity contribution is -0.116. The summed E-state index contributed by atoms with van der Waals surface area (Å²) in [5.41, 5.74) is 0.555. The van der Waals surface area contributed by atoms with E-state index in [0.29, 0.717) is 10.6 Å². The van der Waals surface area contributed by atoms with E-state index in [1.165, 1.54) is 17.8 Å². The van der Waals surface area contributed by atoms with Gasteiger partial charge in [-0.2, -0.15) is 0 Å². The van der Waals surface area contributed by atoms with Gasteiger partial charge in [0, 0.05) is 4.90 Å². The normalized spacial score (nSPS) is 12.5. The molecule has 0 fully saturated rings. The zero-order valence-corrected chi connectivity index (χ0v) is 12.5. The highest BCUT2D eigenvalue weighted by atomic mass is 35.5. The number of carbonyl (C=O) groups excluding carboxylic acids is 1. The quantitative estimate of drug-likeness (QED) is 0.683. The number of halogens is 2. The molecule has 1 nitrogen and oxygen atoms in total. The van der Waals surface area contributed by atoms with Crippen molar-refractivity contribution in [3.05, 3.63) is 28.5 Å². The monoisotopic (exact) mass is 288 g/mol. The third-order valence-electron chi connectivity index (χ3n) is 2.76. The first-order chi connectivity index (χ1) is 8.45. The standard InChI is InChI=1S/C14H18ClFOS/c1-4-5-6-13(10(3)17)18-14-7-9(2)12(16)8-11(14)15/h7-8,13H,4-6H2,1-3H3. The number of hydrogen-bond acceptors (Lipinski definition) is 2. The second kappa shape index (κ2) is 7.15. The van der Waals surface area contributed by atoms with Crippen LogP contribution in [0, 0.1) is 12.7 Å². The fraction of sp³-hybridized carbons (Fsp3) is 0.500. The summed E-state index contributed by atoms with van der Waals surface area (Å²) in [4.78, 5) is 12.4. The molecule has 0 saturated carbocycles. The molecule has 0 heterocycles. The Morgan fingerprint density at radius 2 is 2.17 bits per heavy atom. The molecule has 0 saturated heterocycles. The van der Waals surface area contributed by atoms with Crippen molar-refractivity contribution in [2.24, 2.45) is 0 Å². The van der Waals surface area contributed by atoms with Crippen LogP contribution in [0.3, 0.4) is 0 Å². The molecule has 0 aromatic heterocycles. The molecule has 4 heteroatoms. The van der Waals surface area contributed by atoms with Crippen LogP contribution in [0.4, 0.5) is 4.39 Å². The lowest BCUT2D eigenvalue weighted by Crippen LogP contribution is -2.13. The maximum absolute atomic E-state index is 13.3. The molecule has 0 aliphatic carbocycles. The molecule has 0 aliphatic heterocycles. The lowest BCUT2D eigenvalue weighted by atomic mass is 10.1. The fourth-order valence-corrected chi connectivity index (χ4v) is 3.07. The van der Waals surface area contributed by atoms with Crippen LogP contribution in [-0.4, -0.2) is 11.0 Å². The van der Waals surface area contributed by atoms with Crippen molar-refractivity contribution < 1.29 is 9.18 Å². The summed E-state index contributed by atoms with van der Waals surface area (Å²) < 4.78 is 13.3. The van der Waals surface area contributed by atoms with Crippen molar-refractivity contribution in [1.82, 2.24) is 0 Å². The first-order valence-corrected chi connectivity index (χ1v) is 7.34. The highest BCUT2D eigenvalue weighted by Gasteiger charge is 2.17. The molecule has 0 aliphatic rings. The number of thioether (sulfide) groups is 1. The maximum Gasteiger partial charge on any atom is 0.143 e. The Labute approximate surface area is 117 Å². The van der Waals surface area contributed by atoms with E-state index in [2.05, 4.69) is 6.92 Å². The van der Waals surface area contributed by atoms with Gasteiger partial charge in [-0.15, -0.1) is 11.8 Å². The van der Waals surface area contributed by atoms with Gasteiger partial charge in [-0.05, 0) is 38.0 Å². The molecular formula is C14H18ClFOS. The molecule has 18 heavy (non-hydrogen) atoms. The zero-order chi connectivity index (χ0) is 13.7. The molecular weight excluding hydrogens is 271 g/mol. The van der Waals surface area contributed by atoms with Crippen LogP contribution >= 0.6 is 23.4 Å². The van der Waals surface area contributed by atoms with E-state index in [-0.39, 0.29) is 16.9 Å². The van der Waals surface area contributed by atoms with Crippen molar-refractivity contribution in [3.8, 4) is 0 Å². The minimum atomic E-state index is -0.308. The molecule has 1 aromatic carbocycles. The SMILES string of the molecule is CCCCC(Sc1cc(C)c(F)cc1Cl)C(C)=O. The van der Waals surface area contributed by atoms with Crippen LogP contribution in [-0.2, 0) is 4.79 Å². The number of hydrogen-bond donors (Lipinski definition) is 0. The highest BCUT2D eigenvalue weighted by Crippen LogP contribution is 2.34. The van der Waals surface area contributed by atoms with Crippen molar-refractivity contribution in [2.75, 3.05) is 0 Å². The van der Waals surface area contributed by atoms with Crippen LogP contribution in [0.2, 0.25) is 5.02 Å². The topological polar surface area (TPSA) is 17.1 Å². The van der Waals surface area contributed by atoms with Gasteiger partial charge in [-0.3, -0.25) is 4.79 Å². The van der Waals surface area contributed by atoms with Crippen LogP contribution in [0.1, 0.15) is 38.7 Å². The summed E-state index contributed by atoms with van der Waals surface area (Å²) in [5, 5.41) is 0.290. The largest absolute Gasteiger partial charge is 0.299 e. The van der Waals surface area contributed by atoms with Gasteiger partial charge in [-0.1, -0.05) is 31.4 Å². The Bertz CT molecular complexity index is 434. The smallest absolute Gasteiger partial charge is 0.143 e. The third-order valence-corrected chi connectivity index (χ3v) is 4.62. The number of Topliss-reactive ketones (excluding diaryl/α,β-unsaturated/α-hetero) is 1. The minimum Gasteiger partial charge on any atom is -0.299 e. The molecule has 100 valence electrons. The summed E-state index contributed by atoms with van der Waals surface area (Å²) in [6, 6.07) is 3.03. The van der Waals surface area contributed by atoms with E-state index in [4.69, 9.17) is 11.6 Å². The Kier molecular flexibility index (Phi) is 6.16. The first-order valence-electron chi connectivity index (χ1n) is 6.08. The van der Waals surface area contributed by atoms with Crippen LogP contribution in [0.5, 0.6) is 0 Å². The minimum absolute atomic E-state index is 0.0905. The average Bonchev–Trinajstić information content (AvgIpc) is 2.30. The van der Waals surface area contributed by atoms with Crippen LogP contribution in [0.15, 0.2) is 17.0 Å². The second-order valence-corrected chi connectivity index (χ2v) is 6.04. The van der Waals surface area contributed by atoms with Gasteiger partial charge in [0.15, 0.2) is 0 Å². The molecule has 0 radical (unpaired) electrons. The van der Waals surface area contributed by atoms with Crippen molar-refractivity contribution in [1.29, 1.82) is 0 Å². The first kappa shape index (κ1) is 15.5. The van der Waals surface area contributed by atoms with E-state index < -0.39 is 0 Å². The Morgan fingerprint density at radius 1 is 1.50 bits per heavy atom. The number of carbonyl (C=O) groups is 1. The van der Waals surface area contributed by atoms with Crippen molar-refractivity contribution >= 4 is 29.1 Å². The molecule has 1 unspecified atom stereocenters. The van der Waals surface area contributed by atoms with Gasteiger partial charge in [0.1, 0.15) is 11.6 Å². The number of benzene rings is 1. The van der Waals surface area contributed by atoms with E-state index in [1.54, 1.807) is 19.9 Å². The number of unbranched alkanes of at least 4 members (excludes halogenated alkanes) is 1. The Balaban J connectivity index is 2.86. The van der Waals surface area contributed by atoms with Gasteiger partial charge in [-0.25, -0.2) is 4.39 Å². The average molecular weight is 289 g/mol. The molecule has 1 aromatic rings. The molecule has 1 rings (SSSR count).